The van der Waals surface area contributed by atoms with Gasteiger partial charge in [0.15, 0.2) is 0 Å². The molecular formula is C12H11N3OS. The van der Waals surface area contributed by atoms with E-state index >= 15 is 0 Å². The van der Waals surface area contributed by atoms with E-state index in [1.165, 1.54) is 0 Å². The highest BCUT2D eigenvalue weighted by molar-refractivity contribution is 7.22. The van der Waals surface area contributed by atoms with Gasteiger partial charge in [0.05, 0.1) is 34.3 Å². The van der Waals surface area contributed by atoms with Crippen molar-refractivity contribution in [1.29, 1.82) is 0 Å². The lowest BCUT2D eigenvalue weighted by Gasteiger charge is -1.99. The van der Waals surface area contributed by atoms with Crippen LogP contribution >= 0.6 is 11.3 Å². The van der Waals surface area contributed by atoms with Gasteiger partial charge in [-0.15, -0.1) is 11.3 Å². The molecule has 4 nitrogen and oxygen atoms in total. The molecule has 0 saturated heterocycles. The van der Waals surface area contributed by atoms with Gasteiger partial charge >= 0.3 is 0 Å². The maximum Gasteiger partial charge on any atom is 0.136 e. The standard InChI is InChI=1S/C12H11N3OS/c1-16-9-4-2-3-7-5-10(17-12(7)9)11-8(13)6-14-15-11/h2-6H,13H2,1H3,(H,14,15). The Kier molecular flexibility index (Phi) is 2.26. The van der Waals surface area contributed by atoms with Crippen LogP contribution in [0.3, 0.4) is 0 Å². The van der Waals surface area contributed by atoms with E-state index in [2.05, 4.69) is 22.3 Å². The van der Waals surface area contributed by atoms with Gasteiger partial charge in [-0.2, -0.15) is 5.10 Å². The van der Waals surface area contributed by atoms with Gasteiger partial charge in [-0.1, -0.05) is 12.1 Å². The molecule has 0 amide bonds. The van der Waals surface area contributed by atoms with Crippen LogP contribution in [0, 0.1) is 0 Å². The van der Waals surface area contributed by atoms with Crippen molar-refractivity contribution in [2.75, 3.05) is 12.8 Å². The molecule has 2 heterocycles. The highest BCUT2D eigenvalue weighted by Gasteiger charge is 2.11. The molecule has 0 aliphatic heterocycles. The van der Waals surface area contributed by atoms with Gasteiger partial charge in [-0.3, -0.25) is 5.10 Å². The Morgan fingerprint density at radius 3 is 3.00 bits per heavy atom. The number of nitrogens with two attached hydrogens (primary N) is 1. The third-order valence-electron chi connectivity index (χ3n) is 2.64. The summed E-state index contributed by atoms with van der Waals surface area (Å²) in [6, 6.07) is 8.09. The molecular weight excluding hydrogens is 234 g/mol. The van der Waals surface area contributed by atoms with Crippen molar-refractivity contribution in [2.24, 2.45) is 0 Å². The fraction of sp³-hybridized carbons (Fsp3) is 0.0833. The smallest absolute Gasteiger partial charge is 0.136 e. The van der Waals surface area contributed by atoms with Gasteiger partial charge in [0, 0.05) is 0 Å². The molecule has 1 aromatic carbocycles. The Morgan fingerprint density at radius 2 is 2.29 bits per heavy atom. The van der Waals surface area contributed by atoms with Crippen LogP contribution < -0.4 is 10.5 Å². The van der Waals surface area contributed by atoms with Crippen molar-refractivity contribution >= 4 is 27.1 Å². The number of benzene rings is 1. The van der Waals surface area contributed by atoms with Crippen LogP contribution in [-0.4, -0.2) is 17.3 Å². The molecule has 0 unspecified atom stereocenters. The maximum absolute atomic E-state index is 5.85. The van der Waals surface area contributed by atoms with Crippen LogP contribution in [-0.2, 0) is 0 Å². The lowest BCUT2D eigenvalue weighted by molar-refractivity contribution is 0.420. The molecule has 0 aliphatic rings. The number of thiophene rings is 1. The Balaban J connectivity index is 2.24. The van der Waals surface area contributed by atoms with Crippen molar-refractivity contribution in [2.45, 2.75) is 0 Å². The zero-order chi connectivity index (χ0) is 11.8. The number of ether oxygens (including phenoxy) is 1. The number of anilines is 1. The van der Waals surface area contributed by atoms with Gasteiger partial charge < -0.3 is 10.5 Å². The first-order valence-electron chi connectivity index (χ1n) is 5.15. The average Bonchev–Trinajstić information content (AvgIpc) is 2.93. The number of nitrogens with zero attached hydrogens (tertiary/aromatic N) is 1. The van der Waals surface area contributed by atoms with Gasteiger partial charge in [-0.05, 0) is 17.5 Å². The topological polar surface area (TPSA) is 63.9 Å². The molecule has 0 saturated carbocycles. The Bertz CT molecular complexity index is 671. The van der Waals surface area contributed by atoms with E-state index < -0.39 is 0 Å². The molecule has 0 fully saturated rings. The van der Waals surface area contributed by atoms with E-state index in [1.807, 2.05) is 12.1 Å². The number of hydrogen-bond acceptors (Lipinski definition) is 4. The predicted molar refractivity (Wildman–Crippen MR) is 70.4 cm³/mol. The fourth-order valence-corrected chi connectivity index (χ4v) is 2.98. The van der Waals surface area contributed by atoms with E-state index in [9.17, 15) is 0 Å². The molecule has 86 valence electrons. The van der Waals surface area contributed by atoms with Crippen molar-refractivity contribution in [3.63, 3.8) is 0 Å². The molecule has 0 aliphatic carbocycles. The summed E-state index contributed by atoms with van der Waals surface area (Å²) in [6.45, 7) is 0. The molecule has 5 heteroatoms. The molecule has 0 spiro atoms. The minimum absolute atomic E-state index is 0.663. The van der Waals surface area contributed by atoms with E-state index in [0.29, 0.717) is 5.69 Å². The number of nitrogens with one attached hydrogen (secondary N) is 1. The van der Waals surface area contributed by atoms with Crippen molar-refractivity contribution in [3.8, 4) is 16.3 Å². The Morgan fingerprint density at radius 1 is 1.41 bits per heavy atom. The Labute approximate surface area is 102 Å². The summed E-state index contributed by atoms with van der Waals surface area (Å²) >= 11 is 1.64. The summed E-state index contributed by atoms with van der Waals surface area (Å²) < 4.78 is 6.47. The molecule has 3 rings (SSSR count). The number of nitrogen functional groups attached to an aromatic ring is 1. The van der Waals surface area contributed by atoms with E-state index in [0.717, 1.165) is 26.4 Å². The van der Waals surface area contributed by atoms with Crippen LogP contribution in [0.2, 0.25) is 0 Å². The Hall–Kier alpha value is -2.01. The van der Waals surface area contributed by atoms with Gasteiger partial charge in [0.1, 0.15) is 5.75 Å². The van der Waals surface area contributed by atoms with Gasteiger partial charge in [0.2, 0.25) is 0 Å². The monoisotopic (exact) mass is 245 g/mol. The second-order valence-corrected chi connectivity index (χ2v) is 4.74. The SMILES string of the molecule is COc1cccc2cc(-c3[nH]ncc3N)sc12. The van der Waals surface area contributed by atoms with E-state index in [-0.39, 0.29) is 0 Å². The number of hydrogen-bond donors (Lipinski definition) is 2. The third kappa shape index (κ3) is 1.55. The highest BCUT2D eigenvalue weighted by atomic mass is 32.1. The quantitative estimate of drug-likeness (QED) is 0.729. The zero-order valence-corrected chi connectivity index (χ0v) is 10.0. The number of rotatable bonds is 2. The van der Waals surface area contributed by atoms with Crippen LogP contribution in [0.1, 0.15) is 0 Å². The summed E-state index contributed by atoms with van der Waals surface area (Å²) in [4.78, 5) is 1.07. The maximum atomic E-state index is 5.85. The molecule has 0 bridgehead atoms. The number of fused-ring (bicyclic) bond motifs is 1. The second-order valence-electron chi connectivity index (χ2n) is 3.69. The molecule has 17 heavy (non-hydrogen) atoms. The number of aromatic amines is 1. The number of H-pyrrole nitrogens is 1. The average molecular weight is 245 g/mol. The minimum Gasteiger partial charge on any atom is -0.495 e. The summed E-state index contributed by atoms with van der Waals surface area (Å²) in [6.07, 6.45) is 1.62. The normalized spacial score (nSPS) is 10.9. The lowest BCUT2D eigenvalue weighted by atomic mass is 10.2. The third-order valence-corrected chi connectivity index (χ3v) is 3.83. The molecule has 3 aromatic rings. The summed E-state index contributed by atoms with van der Waals surface area (Å²) in [5.74, 6) is 0.886. The van der Waals surface area contributed by atoms with Gasteiger partial charge in [0.25, 0.3) is 0 Å². The van der Waals surface area contributed by atoms with Crippen LogP contribution in [0.25, 0.3) is 20.7 Å². The van der Waals surface area contributed by atoms with Crippen molar-refractivity contribution in [3.05, 3.63) is 30.5 Å². The largest absolute Gasteiger partial charge is 0.495 e. The zero-order valence-electron chi connectivity index (χ0n) is 9.23. The predicted octanol–water partition coefficient (Wildman–Crippen LogP) is 2.88. The number of methoxy groups -OCH3 is 1. The summed E-state index contributed by atoms with van der Waals surface area (Å²) in [7, 11) is 1.68. The van der Waals surface area contributed by atoms with Crippen LogP contribution in [0.4, 0.5) is 5.69 Å². The first-order chi connectivity index (χ1) is 8.29. The van der Waals surface area contributed by atoms with Crippen LogP contribution in [0.15, 0.2) is 30.5 Å². The molecule has 0 atom stereocenters. The summed E-state index contributed by atoms with van der Waals surface area (Å²) in [5, 5.41) is 8.00. The number of aromatic nitrogens is 2. The van der Waals surface area contributed by atoms with Gasteiger partial charge in [-0.25, -0.2) is 0 Å². The van der Waals surface area contributed by atoms with E-state index in [1.54, 1.807) is 24.6 Å². The van der Waals surface area contributed by atoms with E-state index in [4.69, 9.17) is 10.5 Å². The fourth-order valence-electron chi connectivity index (χ4n) is 1.81. The molecule has 3 N–H and O–H groups in total. The molecule has 0 radical (unpaired) electrons. The lowest BCUT2D eigenvalue weighted by Crippen LogP contribution is -1.83. The first kappa shape index (κ1) is 10.2. The second kappa shape index (κ2) is 3.78. The molecule has 2 aromatic heterocycles. The highest BCUT2D eigenvalue weighted by Crippen LogP contribution is 2.39. The summed E-state index contributed by atoms with van der Waals surface area (Å²) in [5.41, 5.74) is 7.38. The van der Waals surface area contributed by atoms with Crippen LogP contribution in [0.5, 0.6) is 5.75 Å². The van der Waals surface area contributed by atoms with Crippen molar-refractivity contribution < 1.29 is 4.74 Å². The first-order valence-corrected chi connectivity index (χ1v) is 5.97. The van der Waals surface area contributed by atoms with Crippen molar-refractivity contribution in [1.82, 2.24) is 10.2 Å². The minimum atomic E-state index is 0.663.